The highest BCUT2D eigenvalue weighted by molar-refractivity contribution is 7.89. The number of carbonyl (C=O) groups is 1. The molecule has 1 fully saturated rings. The van der Waals surface area contributed by atoms with Crippen molar-refractivity contribution in [2.75, 3.05) is 32.8 Å². The third-order valence-electron chi connectivity index (χ3n) is 3.72. The van der Waals surface area contributed by atoms with Gasteiger partial charge < -0.3 is 4.74 Å². The second-order valence-corrected chi connectivity index (χ2v) is 6.99. The minimum atomic E-state index is -3.51. The molecule has 0 saturated carbocycles. The van der Waals surface area contributed by atoms with Gasteiger partial charge in [-0.1, -0.05) is 0 Å². The fourth-order valence-electron chi connectivity index (χ4n) is 2.39. The van der Waals surface area contributed by atoms with Gasteiger partial charge in [0.2, 0.25) is 10.0 Å². The Morgan fingerprint density at radius 3 is 2.59 bits per heavy atom. The predicted molar refractivity (Wildman–Crippen MR) is 80.7 cm³/mol. The summed E-state index contributed by atoms with van der Waals surface area (Å²) < 4.78 is 31.4. The minimum Gasteiger partial charge on any atom is -0.465 e. The highest BCUT2D eigenvalue weighted by atomic mass is 32.2. The second-order valence-electron chi connectivity index (χ2n) is 5.06. The van der Waals surface area contributed by atoms with Crippen LogP contribution in [0.5, 0.6) is 0 Å². The Morgan fingerprint density at radius 1 is 1.36 bits per heavy atom. The first-order valence-corrected chi connectivity index (χ1v) is 8.71. The molecule has 1 atom stereocenters. The summed E-state index contributed by atoms with van der Waals surface area (Å²) in [7, 11) is -3.51. The van der Waals surface area contributed by atoms with E-state index in [9.17, 15) is 13.2 Å². The lowest BCUT2D eigenvalue weighted by Crippen LogP contribution is -2.53. The Bertz CT molecular complexity index is 598. The molecule has 8 heteroatoms. The number of hydrogen-bond acceptors (Lipinski definition) is 6. The molecule has 0 radical (unpaired) electrons. The molecular formula is C14H21N3O4S. The summed E-state index contributed by atoms with van der Waals surface area (Å²) >= 11 is 0. The van der Waals surface area contributed by atoms with Gasteiger partial charge in [-0.15, -0.1) is 0 Å². The molecule has 0 aliphatic carbocycles. The van der Waals surface area contributed by atoms with Gasteiger partial charge in [-0.05, 0) is 26.0 Å². The summed E-state index contributed by atoms with van der Waals surface area (Å²) in [6.45, 7) is 5.59. The summed E-state index contributed by atoms with van der Waals surface area (Å²) in [6.07, 6.45) is 2.89. The van der Waals surface area contributed by atoms with Crippen molar-refractivity contribution in [3.8, 4) is 0 Å². The van der Waals surface area contributed by atoms with Gasteiger partial charge in [0.15, 0.2) is 0 Å². The molecule has 122 valence electrons. The fraction of sp³-hybridized carbons (Fsp3) is 0.571. The van der Waals surface area contributed by atoms with Crippen LogP contribution in [0.1, 0.15) is 13.8 Å². The van der Waals surface area contributed by atoms with Crippen LogP contribution in [0.3, 0.4) is 0 Å². The molecule has 1 saturated heterocycles. The Morgan fingerprint density at radius 2 is 2.05 bits per heavy atom. The Kier molecular flexibility index (Phi) is 5.49. The van der Waals surface area contributed by atoms with Gasteiger partial charge in [0.25, 0.3) is 0 Å². The number of ether oxygens (including phenoxy) is 1. The van der Waals surface area contributed by atoms with Crippen molar-refractivity contribution in [1.29, 1.82) is 0 Å². The van der Waals surface area contributed by atoms with Crippen LogP contribution in [0.25, 0.3) is 0 Å². The van der Waals surface area contributed by atoms with Crippen molar-refractivity contribution < 1.29 is 17.9 Å². The molecule has 1 aliphatic rings. The number of rotatable bonds is 5. The molecule has 1 aromatic heterocycles. The zero-order valence-electron chi connectivity index (χ0n) is 12.8. The predicted octanol–water partition coefficient (Wildman–Crippen LogP) is 0.339. The van der Waals surface area contributed by atoms with Crippen molar-refractivity contribution >= 4 is 16.0 Å². The van der Waals surface area contributed by atoms with E-state index in [0.29, 0.717) is 32.8 Å². The Labute approximate surface area is 130 Å². The van der Waals surface area contributed by atoms with Crippen LogP contribution in [0, 0.1) is 0 Å². The van der Waals surface area contributed by atoms with E-state index in [1.54, 1.807) is 19.9 Å². The molecule has 0 N–H and O–H groups in total. The topological polar surface area (TPSA) is 79.8 Å². The van der Waals surface area contributed by atoms with Crippen LogP contribution in [0.2, 0.25) is 0 Å². The highest BCUT2D eigenvalue weighted by Crippen LogP contribution is 2.17. The number of nitrogens with zero attached hydrogens (tertiary/aromatic N) is 3. The maximum atomic E-state index is 12.5. The van der Waals surface area contributed by atoms with E-state index in [1.807, 2.05) is 4.90 Å². The van der Waals surface area contributed by atoms with Gasteiger partial charge in [0, 0.05) is 38.6 Å². The molecular weight excluding hydrogens is 306 g/mol. The van der Waals surface area contributed by atoms with Crippen molar-refractivity contribution in [3.63, 3.8) is 0 Å². The van der Waals surface area contributed by atoms with Crippen molar-refractivity contribution in [1.82, 2.24) is 14.2 Å². The number of piperazine rings is 1. The fourth-order valence-corrected chi connectivity index (χ4v) is 3.78. The van der Waals surface area contributed by atoms with Gasteiger partial charge >= 0.3 is 5.97 Å². The monoisotopic (exact) mass is 327 g/mol. The molecule has 2 rings (SSSR count). The average Bonchev–Trinajstić information content (AvgIpc) is 2.55. The minimum absolute atomic E-state index is 0.196. The van der Waals surface area contributed by atoms with Gasteiger partial charge in [-0.25, -0.2) is 8.42 Å². The van der Waals surface area contributed by atoms with Crippen molar-refractivity contribution in [2.45, 2.75) is 24.8 Å². The van der Waals surface area contributed by atoms with E-state index < -0.39 is 10.0 Å². The number of aromatic nitrogens is 1. The van der Waals surface area contributed by atoms with E-state index in [-0.39, 0.29) is 16.9 Å². The molecule has 0 spiro atoms. The normalized spacial score (nSPS) is 18.8. The van der Waals surface area contributed by atoms with Crippen LogP contribution in [-0.2, 0) is 19.6 Å². The van der Waals surface area contributed by atoms with E-state index in [1.165, 1.54) is 22.8 Å². The first-order chi connectivity index (χ1) is 10.5. The number of pyridine rings is 1. The lowest BCUT2D eigenvalue weighted by molar-refractivity contribution is -0.149. The third kappa shape index (κ3) is 3.63. The van der Waals surface area contributed by atoms with Crippen LogP contribution in [0.15, 0.2) is 29.4 Å². The van der Waals surface area contributed by atoms with Crippen molar-refractivity contribution in [3.05, 3.63) is 24.5 Å². The number of carbonyl (C=O) groups excluding carboxylic acids is 1. The second kappa shape index (κ2) is 7.17. The smallest absolute Gasteiger partial charge is 0.323 e. The largest absolute Gasteiger partial charge is 0.465 e. The van der Waals surface area contributed by atoms with Crippen LogP contribution < -0.4 is 0 Å². The molecule has 0 aromatic carbocycles. The average molecular weight is 327 g/mol. The molecule has 7 nitrogen and oxygen atoms in total. The molecule has 0 amide bonds. The van der Waals surface area contributed by atoms with E-state index in [0.717, 1.165) is 0 Å². The number of hydrogen-bond donors (Lipinski definition) is 0. The lowest BCUT2D eigenvalue weighted by Gasteiger charge is -2.36. The Balaban J connectivity index is 1.99. The quantitative estimate of drug-likeness (QED) is 0.726. The van der Waals surface area contributed by atoms with E-state index >= 15 is 0 Å². The standard InChI is InChI=1S/C14H21N3O4S/c1-3-21-14(18)12(2)16-7-9-17(10-8-16)22(19,20)13-5-4-6-15-11-13/h4-6,11-12H,3,7-10H2,1-2H3/t12-/m0/s1. The molecule has 0 bridgehead atoms. The summed E-state index contributed by atoms with van der Waals surface area (Å²) in [5.74, 6) is -0.272. The summed E-state index contributed by atoms with van der Waals surface area (Å²) in [6, 6.07) is 2.78. The number of esters is 1. The van der Waals surface area contributed by atoms with E-state index in [4.69, 9.17) is 4.74 Å². The van der Waals surface area contributed by atoms with Gasteiger partial charge in [-0.3, -0.25) is 14.7 Å². The first-order valence-electron chi connectivity index (χ1n) is 7.27. The van der Waals surface area contributed by atoms with Crippen LogP contribution in [0.4, 0.5) is 0 Å². The molecule has 1 aliphatic heterocycles. The maximum Gasteiger partial charge on any atom is 0.323 e. The first kappa shape index (κ1) is 16.9. The lowest BCUT2D eigenvalue weighted by atomic mass is 10.2. The van der Waals surface area contributed by atoms with Crippen molar-refractivity contribution in [2.24, 2.45) is 0 Å². The third-order valence-corrected chi connectivity index (χ3v) is 5.60. The molecule has 2 heterocycles. The van der Waals surface area contributed by atoms with E-state index in [2.05, 4.69) is 4.98 Å². The number of sulfonamides is 1. The maximum absolute atomic E-state index is 12.5. The molecule has 0 unspecified atom stereocenters. The van der Waals surface area contributed by atoms with Gasteiger partial charge in [0.05, 0.1) is 6.61 Å². The molecule has 22 heavy (non-hydrogen) atoms. The SMILES string of the molecule is CCOC(=O)[C@H](C)N1CCN(S(=O)(=O)c2cccnc2)CC1. The summed E-state index contributed by atoms with van der Waals surface area (Å²) in [5.41, 5.74) is 0. The van der Waals surface area contributed by atoms with Crippen LogP contribution >= 0.6 is 0 Å². The molecule has 1 aromatic rings. The van der Waals surface area contributed by atoms with Gasteiger partial charge in [-0.2, -0.15) is 4.31 Å². The zero-order chi connectivity index (χ0) is 16.2. The highest BCUT2D eigenvalue weighted by Gasteiger charge is 2.32. The summed E-state index contributed by atoms with van der Waals surface area (Å²) in [4.78, 5) is 17.7. The van der Waals surface area contributed by atoms with Gasteiger partial charge in [0.1, 0.15) is 10.9 Å². The Hall–Kier alpha value is -1.51. The van der Waals surface area contributed by atoms with Crippen LogP contribution in [-0.4, -0.2) is 67.4 Å². The zero-order valence-corrected chi connectivity index (χ0v) is 13.6. The summed E-state index contributed by atoms with van der Waals surface area (Å²) in [5, 5.41) is 0.